The number of Topliss-reactive ketones (excluding diaryl/α,β-unsaturated/α-hetero) is 1. The van der Waals surface area contributed by atoms with Crippen molar-refractivity contribution in [2.75, 3.05) is 27.4 Å². The van der Waals surface area contributed by atoms with Crippen molar-refractivity contribution < 1.29 is 37.5 Å². The monoisotopic (exact) mass is 310 g/mol. The van der Waals surface area contributed by atoms with Gasteiger partial charge < -0.3 is 19.1 Å². The molecule has 0 aromatic carbocycles. The molecule has 0 aliphatic carbocycles. The van der Waals surface area contributed by atoms with Gasteiger partial charge >= 0.3 is 7.82 Å². The molecule has 116 valence electrons. The lowest BCUT2D eigenvalue weighted by molar-refractivity contribution is -0.125. The summed E-state index contributed by atoms with van der Waals surface area (Å²) in [6.45, 7) is 1.42. The van der Waals surface area contributed by atoms with E-state index in [4.69, 9.17) is 18.7 Å². The molecular formula is C10H20BO8P. The van der Waals surface area contributed by atoms with Crippen molar-refractivity contribution in [2.45, 2.75) is 31.2 Å². The first-order valence-electron chi connectivity index (χ1n) is 6.13. The maximum atomic E-state index is 11.6. The number of rotatable bonds is 8. The Kier molecular flexibility index (Phi) is 6.80. The van der Waals surface area contributed by atoms with Gasteiger partial charge in [-0.15, -0.1) is 0 Å². The SMILES string of the molecule is B[C@@H]1O[C@H](COC)C(OP(=O)(O)OC)[C@@H]1OCC(C)=O. The second kappa shape index (κ2) is 7.65. The molecule has 0 amide bonds. The van der Waals surface area contributed by atoms with E-state index in [0.29, 0.717) is 0 Å². The number of phosphoric ester groups is 1. The van der Waals surface area contributed by atoms with Crippen molar-refractivity contribution >= 4 is 21.5 Å². The lowest BCUT2D eigenvalue weighted by Gasteiger charge is -2.24. The maximum absolute atomic E-state index is 11.6. The summed E-state index contributed by atoms with van der Waals surface area (Å²) in [5, 5.41) is 0. The van der Waals surface area contributed by atoms with Gasteiger partial charge in [0.05, 0.1) is 12.6 Å². The van der Waals surface area contributed by atoms with Crippen LogP contribution in [0.5, 0.6) is 0 Å². The van der Waals surface area contributed by atoms with Crippen molar-refractivity contribution in [1.29, 1.82) is 0 Å². The van der Waals surface area contributed by atoms with Crippen LogP contribution >= 0.6 is 7.82 Å². The molecule has 1 saturated heterocycles. The fraction of sp³-hybridized carbons (Fsp3) is 0.900. The molecule has 1 aliphatic heterocycles. The van der Waals surface area contributed by atoms with Crippen molar-refractivity contribution in [3.63, 3.8) is 0 Å². The van der Waals surface area contributed by atoms with Crippen LogP contribution in [0.15, 0.2) is 0 Å². The van der Waals surface area contributed by atoms with Crippen LogP contribution in [0.1, 0.15) is 6.92 Å². The fourth-order valence-electron chi connectivity index (χ4n) is 1.98. The third-order valence-electron chi connectivity index (χ3n) is 2.84. The van der Waals surface area contributed by atoms with Crippen LogP contribution < -0.4 is 0 Å². The highest BCUT2D eigenvalue weighted by atomic mass is 31.2. The van der Waals surface area contributed by atoms with Gasteiger partial charge in [-0.25, -0.2) is 4.57 Å². The smallest absolute Gasteiger partial charge is 0.382 e. The molecular weight excluding hydrogens is 290 g/mol. The molecule has 0 aromatic heterocycles. The van der Waals surface area contributed by atoms with E-state index in [2.05, 4.69) is 4.52 Å². The Hall–Kier alpha value is -0.275. The summed E-state index contributed by atoms with van der Waals surface area (Å²) >= 11 is 0. The molecule has 8 nitrogen and oxygen atoms in total. The van der Waals surface area contributed by atoms with Crippen molar-refractivity contribution in [2.24, 2.45) is 0 Å². The van der Waals surface area contributed by atoms with Gasteiger partial charge in [0, 0.05) is 14.2 Å². The molecule has 1 aliphatic rings. The zero-order chi connectivity index (χ0) is 15.3. The number of hydrogen-bond donors (Lipinski definition) is 1. The Bertz CT molecular complexity index is 378. The summed E-state index contributed by atoms with van der Waals surface area (Å²) in [6.07, 6.45) is -2.10. The second-order valence-electron chi connectivity index (χ2n) is 4.53. The number of phosphoric acid groups is 1. The average Bonchev–Trinajstić information content (AvgIpc) is 2.63. The Morgan fingerprint density at radius 2 is 2.05 bits per heavy atom. The maximum Gasteiger partial charge on any atom is 0.472 e. The third kappa shape index (κ3) is 4.93. The highest BCUT2D eigenvalue weighted by Crippen LogP contribution is 2.46. The molecule has 20 heavy (non-hydrogen) atoms. The first kappa shape index (κ1) is 17.8. The van der Waals surface area contributed by atoms with Gasteiger partial charge in [-0.2, -0.15) is 0 Å². The van der Waals surface area contributed by atoms with Gasteiger partial charge in [0.2, 0.25) is 0 Å². The van der Waals surface area contributed by atoms with Crippen molar-refractivity contribution in [3.05, 3.63) is 0 Å². The lowest BCUT2D eigenvalue weighted by atomic mass is 9.93. The Morgan fingerprint density at radius 3 is 2.55 bits per heavy atom. The zero-order valence-corrected chi connectivity index (χ0v) is 12.9. The van der Waals surface area contributed by atoms with Crippen LogP contribution in [-0.2, 0) is 32.6 Å². The Labute approximate surface area is 118 Å². The van der Waals surface area contributed by atoms with Crippen LogP contribution in [0, 0.1) is 0 Å². The molecule has 0 aromatic rings. The topological polar surface area (TPSA) is 101 Å². The predicted octanol–water partition coefficient (Wildman–Crippen LogP) is -0.903. The van der Waals surface area contributed by atoms with E-state index < -0.39 is 32.1 Å². The number of carbonyl (C=O) groups excluding carboxylic acids is 1. The minimum atomic E-state index is -4.20. The first-order chi connectivity index (χ1) is 9.30. The summed E-state index contributed by atoms with van der Waals surface area (Å²) in [5.41, 5.74) is 0. The molecule has 10 heteroatoms. The molecule has 0 spiro atoms. The largest absolute Gasteiger partial charge is 0.472 e. The number of carbonyl (C=O) groups is 1. The van der Waals surface area contributed by atoms with E-state index in [-0.39, 0.29) is 19.0 Å². The number of hydrogen-bond acceptors (Lipinski definition) is 7. The summed E-state index contributed by atoms with van der Waals surface area (Å²) in [7, 11) is 0.0749. The fourth-order valence-corrected chi connectivity index (χ4v) is 2.63. The lowest BCUT2D eigenvalue weighted by Crippen LogP contribution is -2.39. The molecule has 2 unspecified atom stereocenters. The highest BCUT2D eigenvalue weighted by molar-refractivity contribution is 7.47. The van der Waals surface area contributed by atoms with Crippen LogP contribution in [0.3, 0.4) is 0 Å². The molecule has 1 rings (SSSR count). The number of ether oxygens (including phenoxy) is 3. The Morgan fingerprint density at radius 1 is 1.40 bits per heavy atom. The molecule has 1 N–H and O–H groups in total. The summed E-state index contributed by atoms with van der Waals surface area (Å²) in [4.78, 5) is 20.4. The van der Waals surface area contributed by atoms with E-state index in [1.165, 1.54) is 14.0 Å². The molecule has 1 fully saturated rings. The van der Waals surface area contributed by atoms with Crippen LogP contribution in [0.2, 0.25) is 0 Å². The Balaban J connectivity index is 2.81. The first-order valence-corrected chi connectivity index (χ1v) is 7.62. The van der Waals surface area contributed by atoms with Gasteiger partial charge in [-0.05, 0) is 6.92 Å². The zero-order valence-electron chi connectivity index (χ0n) is 12.0. The third-order valence-corrected chi connectivity index (χ3v) is 3.81. The van der Waals surface area contributed by atoms with Gasteiger partial charge in [0.15, 0.2) is 5.78 Å². The van der Waals surface area contributed by atoms with E-state index >= 15 is 0 Å². The van der Waals surface area contributed by atoms with E-state index in [9.17, 15) is 14.3 Å². The quantitative estimate of drug-likeness (QED) is 0.454. The minimum absolute atomic E-state index is 0.124. The number of methoxy groups -OCH3 is 1. The molecule has 0 bridgehead atoms. The highest BCUT2D eigenvalue weighted by Gasteiger charge is 2.47. The summed E-state index contributed by atoms with van der Waals surface area (Å²) < 4.78 is 37.0. The van der Waals surface area contributed by atoms with E-state index in [1.807, 2.05) is 0 Å². The van der Waals surface area contributed by atoms with Crippen LogP contribution in [0.25, 0.3) is 0 Å². The summed E-state index contributed by atoms with van der Waals surface area (Å²) in [6, 6.07) is -0.406. The van der Waals surface area contributed by atoms with Gasteiger partial charge in [0.1, 0.15) is 32.8 Å². The molecule has 1 heterocycles. The van der Waals surface area contributed by atoms with Gasteiger partial charge in [0.25, 0.3) is 0 Å². The molecule has 0 saturated carbocycles. The van der Waals surface area contributed by atoms with E-state index in [1.54, 1.807) is 7.85 Å². The predicted molar refractivity (Wildman–Crippen MR) is 71.2 cm³/mol. The standard InChI is InChI=1S/C10H20BO8P/c1-6(12)4-17-9-8(19-20(13,14)16-3)7(5-15-2)18-10(9)11/h7-10H,4-5,11H2,1-3H3,(H,13,14)/t7-,8?,9+,10-/m1/s1. The second-order valence-corrected chi connectivity index (χ2v) is 6.05. The number of ketones is 1. The average molecular weight is 310 g/mol. The van der Waals surface area contributed by atoms with Crippen molar-refractivity contribution in [3.8, 4) is 0 Å². The van der Waals surface area contributed by atoms with Crippen molar-refractivity contribution in [1.82, 2.24) is 0 Å². The van der Waals surface area contributed by atoms with Gasteiger partial charge in [-0.3, -0.25) is 13.8 Å². The normalized spacial score (nSPS) is 33.0. The van der Waals surface area contributed by atoms with E-state index in [0.717, 1.165) is 7.11 Å². The molecule has 0 radical (unpaired) electrons. The van der Waals surface area contributed by atoms with Crippen LogP contribution in [-0.4, -0.2) is 70.3 Å². The van der Waals surface area contributed by atoms with Gasteiger partial charge in [-0.1, -0.05) is 0 Å². The van der Waals surface area contributed by atoms with Crippen LogP contribution in [0.4, 0.5) is 0 Å². The molecule has 5 atom stereocenters. The minimum Gasteiger partial charge on any atom is -0.382 e. The summed E-state index contributed by atoms with van der Waals surface area (Å²) in [5.74, 6) is -0.162.